The van der Waals surface area contributed by atoms with Crippen LogP contribution in [-0.4, -0.2) is 31.7 Å². The minimum absolute atomic E-state index is 0.108. The van der Waals surface area contributed by atoms with Crippen molar-refractivity contribution in [3.05, 3.63) is 75.6 Å². The Balaban J connectivity index is 1.86. The van der Waals surface area contributed by atoms with E-state index < -0.39 is 22.8 Å². The van der Waals surface area contributed by atoms with Crippen molar-refractivity contribution in [3.63, 3.8) is 0 Å². The standard InChI is InChI=1S/C21H20N4O6/c1-12-4-13(2)6-18(5-12)31-19-8-16(7-17(9-19)25(29)30)23-20(26)15-10-22-24(11-15)14(3)21(27)28/h4-11,14H,1-3H3,(H,23,26)(H,27,28). The van der Waals surface area contributed by atoms with E-state index in [1.54, 1.807) is 12.1 Å². The normalized spacial score (nSPS) is 11.6. The molecule has 2 aromatic carbocycles. The minimum Gasteiger partial charge on any atom is -0.480 e. The number of nitro groups is 1. The molecule has 0 spiro atoms. The fourth-order valence-corrected chi connectivity index (χ4v) is 2.93. The van der Waals surface area contributed by atoms with Crippen LogP contribution in [0.15, 0.2) is 48.8 Å². The molecule has 0 fully saturated rings. The molecule has 0 saturated heterocycles. The number of carboxylic acids is 1. The van der Waals surface area contributed by atoms with E-state index in [2.05, 4.69) is 10.4 Å². The first-order valence-corrected chi connectivity index (χ1v) is 9.26. The number of nitrogens with zero attached hydrogens (tertiary/aromatic N) is 3. The molecule has 1 amide bonds. The molecule has 10 heteroatoms. The van der Waals surface area contributed by atoms with Crippen LogP contribution < -0.4 is 10.1 Å². The number of ether oxygens (including phenoxy) is 1. The van der Waals surface area contributed by atoms with Gasteiger partial charge in [0.15, 0.2) is 0 Å². The number of nitrogens with one attached hydrogen (secondary N) is 1. The third kappa shape index (κ3) is 5.24. The highest BCUT2D eigenvalue weighted by molar-refractivity contribution is 6.04. The smallest absolute Gasteiger partial charge is 0.328 e. The summed E-state index contributed by atoms with van der Waals surface area (Å²) in [5.41, 5.74) is 1.95. The number of aryl methyl sites for hydroxylation is 2. The van der Waals surface area contributed by atoms with Crippen LogP contribution in [-0.2, 0) is 4.79 Å². The van der Waals surface area contributed by atoms with Crippen LogP contribution in [0.4, 0.5) is 11.4 Å². The molecule has 1 heterocycles. The lowest BCUT2D eigenvalue weighted by molar-refractivity contribution is -0.384. The first kappa shape index (κ1) is 21.5. The van der Waals surface area contributed by atoms with Crippen molar-refractivity contribution in [2.45, 2.75) is 26.8 Å². The van der Waals surface area contributed by atoms with Gasteiger partial charge in [0.25, 0.3) is 11.6 Å². The molecule has 160 valence electrons. The molecule has 0 aliphatic carbocycles. The van der Waals surface area contributed by atoms with Crippen LogP contribution in [0.1, 0.15) is 34.5 Å². The Bertz CT molecular complexity index is 1150. The molecule has 0 bridgehead atoms. The average molecular weight is 424 g/mol. The number of carbonyl (C=O) groups is 2. The zero-order valence-electron chi connectivity index (χ0n) is 17.0. The molecular formula is C21H20N4O6. The predicted molar refractivity (Wildman–Crippen MR) is 112 cm³/mol. The van der Waals surface area contributed by atoms with Crippen molar-refractivity contribution in [3.8, 4) is 11.5 Å². The van der Waals surface area contributed by atoms with Crippen LogP contribution in [0.5, 0.6) is 11.5 Å². The van der Waals surface area contributed by atoms with Gasteiger partial charge in [-0.2, -0.15) is 5.10 Å². The van der Waals surface area contributed by atoms with Crippen LogP contribution >= 0.6 is 0 Å². The van der Waals surface area contributed by atoms with E-state index in [4.69, 9.17) is 9.84 Å². The summed E-state index contributed by atoms with van der Waals surface area (Å²) >= 11 is 0. The summed E-state index contributed by atoms with van der Waals surface area (Å²) in [7, 11) is 0. The fraction of sp³-hybridized carbons (Fsp3) is 0.190. The van der Waals surface area contributed by atoms with Crippen molar-refractivity contribution < 1.29 is 24.4 Å². The van der Waals surface area contributed by atoms with Crippen molar-refractivity contribution in [2.24, 2.45) is 0 Å². The van der Waals surface area contributed by atoms with Crippen LogP contribution in [0.3, 0.4) is 0 Å². The van der Waals surface area contributed by atoms with Crippen molar-refractivity contribution in [1.82, 2.24) is 9.78 Å². The Labute approximate surface area is 177 Å². The summed E-state index contributed by atoms with van der Waals surface area (Å²) in [5, 5.41) is 26.8. The molecule has 1 unspecified atom stereocenters. The summed E-state index contributed by atoms with van der Waals surface area (Å²) in [4.78, 5) is 34.3. The topological polar surface area (TPSA) is 137 Å². The lowest BCUT2D eigenvalue weighted by atomic mass is 10.1. The number of amides is 1. The van der Waals surface area contributed by atoms with E-state index in [0.717, 1.165) is 15.8 Å². The van der Waals surface area contributed by atoms with Gasteiger partial charge in [-0.3, -0.25) is 19.6 Å². The molecule has 1 aromatic heterocycles. The Morgan fingerprint density at radius 1 is 1.13 bits per heavy atom. The predicted octanol–water partition coefficient (Wildman–Crippen LogP) is 4.10. The largest absolute Gasteiger partial charge is 0.480 e. The first-order valence-electron chi connectivity index (χ1n) is 9.26. The molecular weight excluding hydrogens is 404 g/mol. The molecule has 3 rings (SSSR count). The lowest BCUT2D eigenvalue weighted by Crippen LogP contribution is -2.16. The van der Waals surface area contributed by atoms with E-state index in [-0.39, 0.29) is 22.7 Å². The molecule has 31 heavy (non-hydrogen) atoms. The second kappa shape index (κ2) is 8.66. The Morgan fingerprint density at radius 2 is 1.77 bits per heavy atom. The van der Waals surface area contributed by atoms with E-state index in [1.807, 2.05) is 19.9 Å². The lowest BCUT2D eigenvalue weighted by Gasteiger charge is -2.10. The van der Waals surface area contributed by atoms with E-state index >= 15 is 0 Å². The van der Waals surface area contributed by atoms with Gasteiger partial charge in [-0.25, -0.2) is 4.79 Å². The van der Waals surface area contributed by atoms with Crippen molar-refractivity contribution in [2.75, 3.05) is 5.32 Å². The highest BCUT2D eigenvalue weighted by atomic mass is 16.6. The fourth-order valence-electron chi connectivity index (χ4n) is 2.93. The number of aromatic nitrogens is 2. The second-order valence-corrected chi connectivity index (χ2v) is 7.08. The molecule has 0 radical (unpaired) electrons. The van der Waals surface area contributed by atoms with Crippen LogP contribution in [0, 0.1) is 24.0 Å². The van der Waals surface area contributed by atoms with Gasteiger partial charge in [0.1, 0.15) is 17.5 Å². The molecule has 0 saturated carbocycles. The number of aliphatic carboxylic acids is 1. The molecule has 3 aromatic rings. The SMILES string of the molecule is Cc1cc(C)cc(Oc2cc(NC(=O)c3cnn(C(C)C(=O)O)c3)cc([N+](=O)[O-])c2)c1. The van der Waals surface area contributed by atoms with Gasteiger partial charge in [-0.15, -0.1) is 0 Å². The van der Waals surface area contributed by atoms with E-state index in [0.29, 0.717) is 5.75 Å². The number of carboxylic acid groups (broad SMARTS) is 1. The van der Waals surface area contributed by atoms with Crippen LogP contribution in [0.25, 0.3) is 0 Å². The van der Waals surface area contributed by atoms with Gasteiger partial charge in [0.05, 0.1) is 28.4 Å². The summed E-state index contributed by atoms with van der Waals surface area (Å²) in [5.74, 6) is -0.993. The van der Waals surface area contributed by atoms with Gasteiger partial charge in [0, 0.05) is 18.3 Å². The summed E-state index contributed by atoms with van der Waals surface area (Å²) in [6.07, 6.45) is 2.51. The number of hydrogen-bond donors (Lipinski definition) is 2. The maximum absolute atomic E-state index is 12.5. The third-order valence-corrected chi connectivity index (χ3v) is 4.41. The number of carbonyl (C=O) groups excluding carboxylic acids is 1. The quantitative estimate of drug-likeness (QED) is 0.430. The molecule has 10 nitrogen and oxygen atoms in total. The summed E-state index contributed by atoms with van der Waals surface area (Å²) in [6.45, 7) is 5.24. The number of nitro benzene ring substituents is 1. The third-order valence-electron chi connectivity index (χ3n) is 4.41. The molecule has 0 aliphatic rings. The van der Waals surface area contributed by atoms with Gasteiger partial charge in [-0.05, 0) is 44.0 Å². The van der Waals surface area contributed by atoms with Crippen molar-refractivity contribution >= 4 is 23.3 Å². The van der Waals surface area contributed by atoms with E-state index in [1.165, 1.54) is 37.5 Å². The summed E-state index contributed by atoms with van der Waals surface area (Å²) in [6, 6.07) is 8.54. The highest BCUT2D eigenvalue weighted by Gasteiger charge is 2.18. The Kier molecular flexibility index (Phi) is 6.00. The highest BCUT2D eigenvalue weighted by Crippen LogP contribution is 2.31. The van der Waals surface area contributed by atoms with Gasteiger partial charge in [0.2, 0.25) is 0 Å². The van der Waals surface area contributed by atoms with Gasteiger partial charge in [-0.1, -0.05) is 6.07 Å². The average Bonchev–Trinajstić information content (AvgIpc) is 3.16. The summed E-state index contributed by atoms with van der Waals surface area (Å²) < 4.78 is 6.92. The molecule has 0 aliphatic heterocycles. The number of anilines is 1. The first-order chi connectivity index (χ1) is 14.6. The maximum atomic E-state index is 12.5. The zero-order chi connectivity index (χ0) is 22.7. The molecule has 2 N–H and O–H groups in total. The minimum atomic E-state index is -1.10. The van der Waals surface area contributed by atoms with E-state index in [9.17, 15) is 19.7 Å². The number of non-ortho nitro benzene ring substituents is 1. The second-order valence-electron chi connectivity index (χ2n) is 7.08. The number of benzene rings is 2. The Morgan fingerprint density at radius 3 is 2.39 bits per heavy atom. The van der Waals surface area contributed by atoms with Crippen LogP contribution in [0.2, 0.25) is 0 Å². The van der Waals surface area contributed by atoms with Gasteiger partial charge >= 0.3 is 5.97 Å². The van der Waals surface area contributed by atoms with Gasteiger partial charge < -0.3 is 15.2 Å². The Hall–Kier alpha value is -4.21. The van der Waals surface area contributed by atoms with Crippen molar-refractivity contribution in [1.29, 1.82) is 0 Å². The number of hydrogen-bond acceptors (Lipinski definition) is 6. The molecule has 1 atom stereocenters. The maximum Gasteiger partial charge on any atom is 0.328 e. The monoisotopic (exact) mass is 424 g/mol. The zero-order valence-corrected chi connectivity index (χ0v) is 17.0. The number of rotatable bonds is 7.